The maximum absolute atomic E-state index is 5.59. The fourth-order valence-corrected chi connectivity index (χ4v) is 1.88. The number of hydrogen-bond donors (Lipinski definition) is 1. The quantitative estimate of drug-likeness (QED) is 0.798. The minimum absolute atomic E-state index is 0.00588. The van der Waals surface area contributed by atoms with E-state index in [2.05, 4.69) is 5.16 Å². The molecule has 0 atom stereocenters. The highest BCUT2D eigenvalue weighted by atomic mass is 16.5. The number of anilines is 1. The number of hydrogen-bond acceptors (Lipinski definition) is 4. The SMILES string of the molecule is COC1(Cc2noc(N)c2C)CCC1. The van der Waals surface area contributed by atoms with Crippen LogP contribution < -0.4 is 5.73 Å². The van der Waals surface area contributed by atoms with E-state index in [-0.39, 0.29) is 5.60 Å². The number of nitrogens with zero attached hydrogens (tertiary/aromatic N) is 1. The zero-order valence-corrected chi connectivity index (χ0v) is 8.67. The normalized spacial score (nSPS) is 19.3. The summed E-state index contributed by atoms with van der Waals surface area (Å²) in [4.78, 5) is 0. The molecule has 1 aliphatic carbocycles. The van der Waals surface area contributed by atoms with Crippen molar-refractivity contribution in [3.05, 3.63) is 11.3 Å². The van der Waals surface area contributed by atoms with Crippen molar-refractivity contribution < 1.29 is 9.26 Å². The number of nitrogens with two attached hydrogens (primary N) is 1. The van der Waals surface area contributed by atoms with Crippen molar-refractivity contribution in [2.24, 2.45) is 0 Å². The highest BCUT2D eigenvalue weighted by molar-refractivity contribution is 5.38. The third-order valence-corrected chi connectivity index (χ3v) is 3.24. The van der Waals surface area contributed by atoms with E-state index in [1.807, 2.05) is 6.92 Å². The number of aromatic nitrogens is 1. The number of ether oxygens (including phenoxy) is 1. The second-order valence-corrected chi connectivity index (χ2v) is 4.04. The Morgan fingerprint density at radius 1 is 1.57 bits per heavy atom. The number of rotatable bonds is 3. The molecular weight excluding hydrogens is 180 g/mol. The van der Waals surface area contributed by atoms with Gasteiger partial charge in [0.1, 0.15) is 0 Å². The summed E-state index contributed by atoms with van der Waals surface area (Å²) in [5, 5.41) is 3.95. The van der Waals surface area contributed by atoms with Crippen LogP contribution in [0.1, 0.15) is 30.5 Å². The highest BCUT2D eigenvalue weighted by Gasteiger charge is 2.38. The predicted octanol–water partition coefficient (Wildman–Crippen LogP) is 1.68. The first kappa shape index (κ1) is 9.52. The van der Waals surface area contributed by atoms with E-state index in [1.165, 1.54) is 6.42 Å². The van der Waals surface area contributed by atoms with Crippen molar-refractivity contribution in [2.75, 3.05) is 12.8 Å². The molecule has 0 aromatic carbocycles. The first-order chi connectivity index (χ1) is 6.67. The van der Waals surface area contributed by atoms with Gasteiger partial charge in [-0.3, -0.25) is 0 Å². The van der Waals surface area contributed by atoms with E-state index in [4.69, 9.17) is 15.0 Å². The molecule has 1 aromatic heterocycles. The molecule has 4 nitrogen and oxygen atoms in total. The van der Waals surface area contributed by atoms with E-state index in [1.54, 1.807) is 7.11 Å². The van der Waals surface area contributed by atoms with Crippen LogP contribution in [0.3, 0.4) is 0 Å². The third-order valence-electron chi connectivity index (χ3n) is 3.24. The fourth-order valence-electron chi connectivity index (χ4n) is 1.88. The maximum atomic E-state index is 5.59. The molecule has 78 valence electrons. The Labute approximate surface area is 83.4 Å². The molecule has 1 aliphatic rings. The van der Waals surface area contributed by atoms with Crippen molar-refractivity contribution in [3.63, 3.8) is 0 Å². The lowest BCUT2D eigenvalue weighted by molar-refractivity contribution is -0.0718. The van der Waals surface area contributed by atoms with Gasteiger partial charge < -0.3 is 15.0 Å². The fraction of sp³-hybridized carbons (Fsp3) is 0.700. The zero-order chi connectivity index (χ0) is 10.2. The van der Waals surface area contributed by atoms with Gasteiger partial charge >= 0.3 is 0 Å². The molecule has 0 aliphatic heterocycles. The van der Waals surface area contributed by atoms with Gasteiger partial charge in [-0.05, 0) is 26.2 Å². The molecule has 0 unspecified atom stereocenters. The first-order valence-corrected chi connectivity index (χ1v) is 4.93. The lowest BCUT2D eigenvalue weighted by atomic mass is 9.76. The number of methoxy groups -OCH3 is 1. The second-order valence-electron chi connectivity index (χ2n) is 4.04. The minimum atomic E-state index is -0.00588. The Kier molecular flexibility index (Phi) is 2.23. The molecule has 2 rings (SSSR count). The third kappa shape index (κ3) is 1.39. The van der Waals surface area contributed by atoms with Gasteiger partial charge in [0, 0.05) is 19.1 Å². The Balaban J connectivity index is 2.13. The highest BCUT2D eigenvalue weighted by Crippen LogP contribution is 2.38. The van der Waals surface area contributed by atoms with Crippen LogP contribution in [0.5, 0.6) is 0 Å². The lowest BCUT2D eigenvalue weighted by Crippen LogP contribution is -2.41. The maximum Gasteiger partial charge on any atom is 0.225 e. The number of nitrogen functional groups attached to an aromatic ring is 1. The Hall–Kier alpha value is -1.03. The van der Waals surface area contributed by atoms with E-state index in [0.717, 1.165) is 30.5 Å². The molecule has 1 heterocycles. The summed E-state index contributed by atoms with van der Waals surface area (Å²) in [6.07, 6.45) is 4.27. The smallest absolute Gasteiger partial charge is 0.225 e. The van der Waals surface area contributed by atoms with Gasteiger partial charge in [-0.25, -0.2) is 0 Å². The summed E-state index contributed by atoms with van der Waals surface area (Å²) in [6, 6.07) is 0. The van der Waals surface area contributed by atoms with Gasteiger partial charge in [-0.2, -0.15) is 0 Å². The van der Waals surface area contributed by atoms with Crippen LogP contribution in [0, 0.1) is 6.92 Å². The van der Waals surface area contributed by atoms with Crippen LogP contribution in [0.25, 0.3) is 0 Å². The van der Waals surface area contributed by atoms with Gasteiger partial charge in [0.25, 0.3) is 0 Å². The zero-order valence-electron chi connectivity index (χ0n) is 8.67. The van der Waals surface area contributed by atoms with Crippen molar-refractivity contribution >= 4 is 5.88 Å². The Morgan fingerprint density at radius 2 is 2.29 bits per heavy atom. The van der Waals surface area contributed by atoms with Crippen LogP contribution >= 0.6 is 0 Å². The summed E-state index contributed by atoms with van der Waals surface area (Å²) in [6.45, 7) is 1.93. The lowest BCUT2D eigenvalue weighted by Gasteiger charge is -2.40. The summed E-state index contributed by atoms with van der Waals surface area (Å²) in [7, 11) is 1.76. The average molecular weight is 196 g/mol. The van der Waals surface area contributed by atoms with Crippen LogP contribution in [0.15, 0.2) is 4.52 Å². The summed E-state index contributed by atoms with van der Waals surface area (Å²) < 4.78 is 10.4. The largest absolute Gasteiger partial charge is 0.378 e. The van der Waals surface area contributed by atoms with Crippen LogP contribution in [-0.4, -0.2) is 17.9 Å². The van der Waals surface area contributed by atoms with Crippen molar-refractivity contribution in [1.82, 2.24) is 5.16 Å². The second kappa shape index (κ2) is 3.28. The van der Waals surface area contributed by atoms with Crippen LogP contribution in [0.2, 0.25) is 0 Å². The topological polar surface area (TPSA) is 61.3 Å². The molecule has 2 N–H and O–H groups in total. The van der Waals surface area contributed by atoms with Gasteiger partial charge in [-0.1, -0.05) is 5.16 Å². The molecule has 0 spiro atoms. The molecule has 1 fully saturated rings. The van der Waals surface area contributed by atoms with E-state index < -0.39 is 0 Å². The molecular formula is C10H16N2O2. The summed E-state index contributed by atoms with van der Waals surface area (Å²) in [5.41, 5.74) is 7.47. The summed E-state index contributed by atoms with van der Waals surface area (Å²) >= 11 is 0. The molecule has 0 radical (unpaired) electrons. The van der Waals surface area contributed by atoms with Gasteiger partial charge in [0.05, 0.1) is 11.3 Å². The van der Waals surface area contributed by atoms with Crippen LogP contribution in [-0.2, 0) is 11.2 Å². The predicted molar refractivity (Wildman–Crippen MR) is 52.9 cm³/mol. The minimum Gasteiger partial charge on any atom is -0.378 e. The van der Waals surface area contributed by atoms with E-state index >= 15 is 0 Å². The summed E-state index contributed by atoms with van der Waals surface area (Å²) in [5.74, 6) is 0.422. The Morgan fingerprint density at radius 3 is 2.64 bits per heavy atom. The van der Waals surface area contributed by atoms with Gasteiger partial charge in [0.2, 0.25) is 5.88 Å². The van der Waals surface area contributed by atoms with Crippen LogP contribution in [0.4, 0.5) is 5.88 Å². The van der Waals surface area contributed by atoms with Crippen molar-refractivity contribution in [2.45, 2.75) is 38.2 Å². The average Bonchev–Trinajstić information content (AvgIpc) is 2.42. The molecule has 1 aromatic rings. The molecule has 14 heavy (non-hydrogen) atoms. The van der Waals surface area contributed by atoms with Gasteiger partial charge in [-0.15, -0.1) is 0 Å². The standard InChI is InChI=1S/C10H16N2O2/c1-7-8(12-14-9(7)11)6-10(13-2)4-3-5-10/h3-6,11H2,1-2H3. The molecule has 0 saturated heterocycles. The van der Waals surface area contributed by atoms with E-state index in [9.17, 15) is 0 Å². The molecule has 0 bridgehead atoms. The molecule has 1 saturated carbocycles. The van der Waals surface area contributed by atoms with Gasteiger partial charge in [0.15, 0.2) is 0 Å². The monoisotopic (exact) mass is 196 g/mol. The van der Waals surface area contributed by atoms with Crippen molar-refractivity contribution in [1.29, 1.82) is 0 Å². The Bertz CT molecular complexity index is 323. The molecule has 0 amide bonds. The first-order valence-electron chi connectivity index (χ1n) is 4.93. The van der Waals surface area contributed by atoms with E-state index in [0.29, 0.717) is 5.88 Å². The molecule has 4 heteroatoms. The van der Waals surface area contributed by atoms with Crippen molar-refractivity contribution in [3.8, 4) is 0 Å².